The van der Waals surface area contributed by atoms with Crippen molar-refractivity contribution < 1.29 is 9.90 Å². The molecule has 2 N–H and O–H groups in total. The van der Waals surface area contributed by atoms with Gasteiger partial charge in [-0.3, -0.25) is 4.79 Å². The van der Waals surface area contributed by atoms with Crippen LogP contribution >= 0.6 is 11.6 Å². The molecule has 0 amide bonds. The van der Waals surface area contributed by atoms with Crippen LogP contribution in [0.15, 0.2) is 35.1 Å². The first-order chi connectivity index (χ1) is 9.50. The maximum atomic E-state index is 12.5. The van der Waals surface area contributed by atoms with E-state index in [0.29, 0.717) is 10.9 Å². The Morgan fingerprint density at radius 2 is 1.95 bits per heavy atom. The van der Waals surface area contributed by atoms with Crippen LogP contribution in [0.25, 0.3) is 21.8 Å². The number of fused-ring (bicyclic) bond motifs is 2. The second-order valence-electron chi connectivity index (χ2n) is 4.60. The summed E-state index contributed by atoms with van der Waals surface area (Å²) in [6.45, 7) is 1.86. The molecule has 100 valence electrons. The summed E-state index contributed by atoms with van der Waals surface area (Å²) in [7, 11) is 0. The molecule has 3 aromatic rings. The minimum Gasteiger partial charge on any atom is -0.478 e. The molecular formula is C15H10ClNO3. The highest BCUT2D eigenvalue weighted by Crippen LogP contribution is 2.26. The molecule has 1 aromatic heterocycles. The quantitative estimate of drug-likeness (QED) is 0.674. The summed E-state index contributed by atoms with van der Waals surface area (Å²) in [5.41, 5.74) is 1.54. The molecule has 0 spiro atoms. The van der Waals surface area contributed by atoms with E-state index in [1.807, 2.05) is 13.0 Å². The fourth-order valence-electron chi connectivity index (χ4n) is 2.39. The Balaban J connectivity index is 2.67. The third-order valence-electron chi connectivity index (χ3n) is 3.38. The number of halogens is 1. The van der Waals surface area contributed by atoms with Crippen LogP contribution in [0.2, 0.25) is 5.02 Å². The van der Waals surface area contributed by atoms with Crippen LogP contribution in [-0.2, 0) is 0 Å². The first kappa shape index (κ1) is 12.7. The molecule has 3 rings (SSSR count). The molecule has 0 unspecified atom stereocenters. The standard InChI is InChI=1S/C15H10ClNO3/c1-7-3-2-4-8-12(7)17-13-9(15(19)20)5-6-10(16)11(13)14(8)18/h2-6H,1H3,(H,17,18)(H,19,20). The summed E-state index contributed by atoms with van der Waals surface area (Å²) in [5, 5.41) is 10.2. The van der Waals surface area contributed by atoms with Gasteiger partial charge in [-0.25, -0.2) is 4.79 Å². The summed E-state index contributed by atoms with van der Waals surface area (Å²) in [6.07, 6.45) is 0. The largest absolute Gasteiger partial charge is 0.478 e. The van der Waals surface area contributed by atoms with Gasteiger partial charge in [0.2, 0.25) is 0 Å². The number of aromatic amines is 1. The Labute approximate surface area is 118 Å². The van der Waals surface area contributed by atoms with Gasteiger partial charge in [-0.2, -0.15) is 0 Å². The van der Waals surface area contributed by atoms with E-state index < -0.39 is 5.97 Å². The molecule has 0 aliphatic rings. The first-order valence-electron chi connectivity index (χ1n) is 5.98. The van der Waals surface area contributed by atoms with Crippen molar-refractivity contribution >= 4 is 39.4 Å². The number of carboxylic acids is 1. The average Bonchev–Trinajstić information content (AvgIpc) is 2.40. The van der Waals surface area contributed by atoms with E-state index in [1.165, 1.54) is 12.1 Å². The Bertz CT molecular complexity index is 928. The molecule has 5 heteroatoms. The van der Waals surface area contributed by atoms with E-state index in [9.17, 15) is 14.7 Å². The molecular weight excluding hydrogens is 278 g/mol. The lowest BCUT2D eigenvalue weighted by atomic mass is 10.0. The molecule has 0 bridgehead atoms. The van der Waals surface area contributed by atoms with Crippen LogP contribution in [0.4, 0.5) is 0 Å². The molecule has 0 saturated carbocycles. The normalized spacial score (nSPS) is 11.1. The predicted molar refractivity (Wildman–Crippen MR) is 78.8 cm³/mol. The smallest absolute Gasteiger partial charge is 0.337 e. The fraction of sp³-hybridized carbons (Fsp3) is 0.0667. The average molecular weight is 288 g/mol. The van der Waals surface area contributed by atoms with Crippen LogP contribution in [0.3, 0.4) is 0 Å². The number of hydrogen-bond donors (Lipinski definition) is 2. The number of H-pyrrole nitrogens is 1. The predicted octanol–water partition coefficient (Wildman–Crippen LogP) is 3.34. The fourth-order valence-corrected chi connectivity index (χ4v) is 2.63. The van der Waals surface area contributed by atoms with Crippen molar-refractivity contribution in [3.63, 3.8) is 0 Å². The van der Waals surface area contributed by atoms with Gasteiger partial charge in [0.15, 0.2) is 5.43 Å². The van der Waals surface area contributed by atoms with Crippen molar-refractivity contribution in [2.75, 3.05) is 0 Å². The van der Waals surface area contributed by atoms with Crippen molar-refractivity contribution in [1.29, 1.82) is 0 Å². The van der Waals surface area contributed by atoms with Crippen molar-refractivity contribution in [2.45, 2.75) is 6.92 Å². The molecule has 0 atom stereocenters. The summed E-state index contributed by atoms with van der Waals surface area (Å²) >= 11 is 6.07. The van der Waals surface area contributed by atoms with Crippen LogP contribution in [0.1, 0.15) is 15.9 Å². The third-order valence-corrected chi connectivity index (χ3v) is 3.69. The van der Waals surface area contributed by atoms with Gasteiger partial charge in [-0.05, 0) is 30.7 Å². The summed E-state index contributed by atoms with van der Waals surface area (Å²) in [4.78, 5) is 26.9. The van der Waals surface area contributed by atoms with Crippen molar-refractivity contribution in [2.24, 2.45) is 0 Å². The lowest BCUT2D eigenvalue weighted by molar-refractivity contribution is 0.0699. The van der Waals surface area contributed by atoms with E-state index >= 15 is 0 Å². The van der Waals surface area contributed by atoms with Gasteiger partial charge in [0, 0.05) is 5.39 Å². The summed E-state index contributed by atoms with van der Waals surface area (Å²) < 4.78 is 0. The number of nitrogens with one attached hydrogen (secondary N) is 1. The molecule has 0 fully saturated rings. The molecule has 20 heavy (non-hydrogen) atoms. The monoisotopic (exact) mass is 287 g/mol. The number of benzene rings is 2. The first-order valence-corrected chi connectivity index (χ1v) is 6.35. The summed E-state index contributed by atoms with van der Waals surface area (Å²) in [5.74, 6) is -1.10. The topological polar surface area (TPSA) is 70.2 Å². The Kier molecular flexibility index (Phi) is 2.76. The molecule has 0 aliphatic heterocycles. The SMILES string of the molecule is Cc1cccc2c(=O)c3c(Cl)ccc(C(=O)O)c3[nH]c12. The second-order valence-corrected chi connectivity index (χ2v) is 5.01. The maximum Gasteiger partial charge on any atom is 0.337 e. The molecule has 4 nitrogen and oxygen atoms in total. The van der Waals surface area contributed by atoms with E-state index in [-0.39, 0.29) is 26.9 Å². The molecule has 2 aromatic carbocycles. The Morgan fingerprint density at radius 3 is 2.65 bits per heavy atom. The molecule has 0 radical (unpaired) electrons. The van der Waals surface area contributed by atoms with Crippen molar-refractivity contribution in [3.05, 3.63) is 56.7 Å². The highest BCUT2D eigenvalue weighted by Gasteiger charge is 2.16. The highest BCUT2D eigenvalue weighted by molar-refractivity contribution is 6.36. The Hall–Kier alpha value is -2.33. The van der Waals surface area contributed by atoms with E-state index in [1.54, 1.807) is 12.1 Å². The van der Waals surface area contributed by atoms with Gasteiger partial charge in [0.25, 0.3) is 0 Å². The zero-order chi connectivity index (χ0) is 14.4. The van der Waals surface area contributed by atoms with Crippen LogP contribution in [-0.4, -0.2) is 16.1 Å². The van der Waals surface area contributed by atoms with Gasteiger partial charge >= 0.3 is 5.97 Å². The zero-order valence-corrected chi connectivity index (χ0v) is 11.3. The number of carbonyl (C=O) groups is 1. The Morgan fingerprint density at radius 1 is 1.20 bits per heavy atom. The molecule has 0 aliphatic carbocycles. The third kappa shape index (κ3) is 1.69. The number of para-hydroxylation sites is 1. The van der Waals surface area contributed by atoms with E-state index in [2.05, 4.69) is 4.98 Å². The van der Waals surface area contributed by atoms with Gasteiger partial charge < -0.3 is 10.1 Å². The minimum absolute atomic E-state index is 0.0339. The van der Waals surface area contributed by atoms with Crippen LogP contribution in [0.5, 0.6) is 0 Å². The molecule has 1 heterocycles. The van der Waals surface area contributed by atoms with Crippen molar-refractivity contribution in [1.82, 2.24) is 4.98 Å². The number of aromatic nitrogens is 1. The number of aromatic carboxylic acids is 1. The van der Waals surface area contributed by atoms with Crippen LogP contribution in [0, 0.1) is 6.92 Å². The summed E-state index contributed by atoms with van der Waals surface area (Å²) in [6, 6.07) is 8.17. The van der Waals surface area contributed by atoms with Gasteiger partial charge in [0.05, 0.1) is 27.0 Å². The van der Waals surface area contributed by atoms with E-state index in [4.69, 9.17) is 11.6 Å². The van der Waals surface area contributed by atoms with Gasteiger partial charge in [-0.15, -0.1) is 0 Å². The van der Waals surface area contributed by atoms with Gasteiger partial charge in [-0.1, -0.05) is 23.7 Å². The number of pyridine rings is 1. The number of aryl methyl sites for hydroxylation is 1. The van der Waals surface area contributed by atoms with Gasteiger partial charge in [0.1, 0.15) is 0 Å². The lowest BCUT2D eigenvalue weighted by Crippen LogP contribution is -2.09. The van der Waals surface area contributed by atoms with E-state index in [0.717, 1.165) is 5.56 Å². The minimum atomic E-state index is -1.10. The second kappa shape index (κ2) is 4.35. The zero-order valence-electron chi connectivity index (χ0n) is 10.5. The van der Waals surface area contributed by atoms with Crippen molar-refractivity contribution in [3.8, 4) is 0 Å². The van der Waals surface area contributed by atoms with Crippen LogP contribution < -0.4 is 5.43 Å². The number of carboxylic acid groups (broad SMARTS) is 1. The number of rotatable bonds is 1. The highest BCUT2D eigenvalue weighted by atomic mass is 35.5. The molecule has 0 saturated heterocycles. The lowest BCUT2D eigenvalue weighted by Gasteiger charge is -2.08. The number of hydrogen-bond acceptors (Lipinski definition) is 2. The maximum absolute atomic E-state index is 12.5.